The largest absolute Gasteiger partial charge is 0.465 e. The van der Waals surface area contributed by atoms with Gasteiger partial charge in [-0.1, -0.05) is 12.1 Å². The molecule has 2 aromatic carbocycles. The van der Waals surface area contributed by atoms with Gasteiger partial charge in [0.2, 0.25) is 0 Å². The summed E-state index contributed by atoms with van der Waals surface area (Å²) < 4.78 is 21.3. The fourth-order valence-electron chi connectivity index (χ4n) is 4.12. The number of carbonyl (C=O) groups is 1. The Morgan fingerprint density at radius 3 is 2.70 bits per heavy atom. The Morgan fingerprint density at radius 1 is 1.15 bits per heavy atom. The van der Waals surface area contributed by atoms with E-state index in [0.717, 1.165) is 18.4 Å². The van der Waals surface area contributed by atoms with Gasteiger partial charge in [-0.15, -0.1) is 0 Å². The number of hydrogen-bond donors (Lipinski definition) is 2. The van der Waals surface area contributed by atoms with Gasteiger partial charge in [0, 0.05) is 18.7 Å². The van der Waals surface area contributed by atoms with E-state index >= 15 is 0 Å². The monoisotopic (exact) mass is 448 g/mol. The summed E-state index contributed by atoms with van der Waals surface area (Å²) in [6.07, 6.45) is 1.94. The molecule has 0 bridgehead atoms. The number of para-hydroxylation sites is 1. The highest BCUT2D eigenvalue weighted by molar-refractivity contribution is 5.98. The molecule has 1 aliphatic heterocycles. The van der Waals surface area contributed by atoms with Crippen LogP contribution in [0.5, 0.6) is 11.5 Å². The van der Waals surface area contributed by atoms with Crippen molar-refractivity contribution in [3.8, 4) is 22.8 Å². The van der Waals surface area contributed by atoms with E-state index in [4.69, 9.17) is 15.6 Å². The van der Waals surface area contributed by atoms with Gasteiger partial charge in [-0.25, -0.2) is 23.8 Å². The van der Waals surface area contributed by atoms with Crippen molar-refractivity contribution in [1.82, 2.24) is 24.6 Å². The highest BCUT2D eigenvalue weighted by Crippen LogP contribution is 2.35. The average molecular weight is 448 g/mol. The maximum absolute atomic E-state index is 13.9. The lowest BCUT2D eigenvalue weighted by Gasteiger charge is -2.30. The summed E-state index contributed by atoms with van der Waals surface area (Å²) in [5, 5.41) is 14.8. The van der Waals surface area contributed by atoms with Gasteiger partial charge in [-0.2, -0.15) is 5.10 Å². The van der Waals surface area contributed by atoms with Crippen LogP contribution in [0.25, 0.3) is 22.3 Å². The van der Waals surface area contributed by atoms with E-state index in [-0.39, 0.29) is 11.8 Å². The van der Waals surface area contributed by atoms with Crippen LogP contribution in [0, 0.1) is 5.82 Å². The molecular weight excluding hydrogens is 427 g/mol. The van der Waals surface area contributed by atoms with Crippen molar-refractivity contribution >= 4 is 22.9 Å². The molecule has 1 fully saturated rings. The van der Waals surface area contributed by atoms with Crippen LogP contribution in [-0.4, -0.2) is 48.9 Å². The first kappa shape index (κ1) is 20.7. The summed E-state index contributed by atoms with van der Waals surface area (Å²) >= 11 is 0. The summed E-state index contributed by atoms with van der Waals surface area (Å²) in [4.78, 5) is 21.4. The third-order valence-electron chi connectivity index (χ3n) is 5.72. The molecule has 4 aromatic rings. The molecule has 1 amide bonds. The Balaban J connectivity index is 1.51. The second kappa shape index (κ2) is 8.38. The van der Waals surface area contributed by atoms with E-state index in [0.29, 0.717) is 41.4 Å². The molecule has 9 nitrogen and oxygen atoms in total. The zero-order valence-corrected chi connectivity index (χ0v) is 17.6. The van der Waals surface area contributed by atoms with Crippen LogP contribution < -0.4 is 10.5 Å². The van der Waals surface area contributed by atoms with E-state index < -0.39 is 11.9 Å². The number of nitrogens with two attached hydrogens (primary N) is 1. The molecule has 1 saturated heterocycles. The van der Waals surface area contributed by atoms with E-state index in [9.17, 15) is 14.3 Å². The molecule has 0 aliphatic carbocycles. The third-order valence-corrected chi connectivity index (χ3v) is 5.72. The van der Waals surface area contributed by atoms with Crippen LogP contribution in [0.15, 0.2) is 54.9 Å². The smallest absolute Gasteiger partial charge is 0.407 e. The fraction of sp³-hybridized carbons (Fsp3) is 0.217. The maximum atomic E-state index is 13.9. The minimum atomic E-state index is -0.948. The lowest BCUT2D eigenvalue weighted by atomic mass is 10.1. The molecule has 3 heterocycles. The Morgan fingerprint density at radius 2 is 1.94 bits per heavy atom. The van der Waals surface area contributed by atoms with Crippen LogP contribution >= 0.6 is 0 Å². The van der Waals surface area contributed by atoms with Gasteiger partial charge in [-0.3, -0.25) is 0 Å². The lowest BCUT2D eigenvalue weighted by molar-refractivity contribution is 0.120. The van der Waals surface area contributed by atoms with Gasteiger partial charge < -0.3 is 20.5 Å². The van der Waals surface area contributed by atoms with Crippen molar-refractivity contribution in [1.29, 1.82) is 0 Å². The average Bonchev–Trinajstić information content (AvgIpc) is 3.22. The first-order valence-electron chi connectivity index (χ1n) is 10.5. The third kappa shape index (κ3) is 3.91. The number of likely N-dealkylation sites (tertiary alicyclic amines) is 1. The highest BCUT2D eigenvalue weighted by atomic mass is 19.1. The normalized spacial score (nSPS) is 16.2. The number of carboxylic acid groups (broad SMARTS) is 1. The molecule has 2 aromatic heterocycles. The standard InChI is InChI=1S/C23H21FN6O3/c24-17-5-1-2-6-18(17)33-16-9-7-14(8-10-16)20-19-21(25)26-13-27-22(19)30(28-20)15-4-3-11-29(12-15)23(31)32/h1-2,5-10,13,15H,3-4,11-12H2,(H,31,32)(H2,25,26,27). The zero-order chi connectivity index (χ0) is 22.9. The van der Waals surface area contributed by atoms with E-state index in [1.807, 2.05) is 0 Å². The molecular formula is C23H21FN6O3. The Bertz CT molecular complexity index is 1320. The maximum Gasteiger partial charge on any atom is 0.407 e. The molecule has 0 spiro atoms. The number of benzene rings is 2. The summed E-state index contributed by atoms with van der Waals surface area (Å²) in [5.41, 5.74) is 8.09. The minimum Gasteiger partial charge on any atom is -0.465 e. The van der Waals surface area contributed by atoms with Gasteiger partial charge in [-0.05, 0) is 49.2 Å². The quantitative estimate of drug-likeness (QED) is 0.477. The number of aromatic nitrogens is 4. The fourth-order valence-corrected chi connectivity index (χ4v) is 4.12. The number of ether oxygens (including phenoxy) is 1. The molecule has 3 N–H and O–H groups in total. The summed E-state index contributed by atoms with van der Waals surface area (Å²) in [5.74, 6) is 0.456. The molecule has 10 heteroatoms. The van der Waals surface area contributed by atoms with Crippen molar-refractivity contribution in [2.75, 3.05) is 18.8 Å². The predicted octanol–water partition coefficient (Wildman–Crippen LogP) is 4.32. The van der Waals surface area contributed by atoms with Gasteiger partial charge in [0.25, 0.3) is 0 Å². The van der Waals surface area contributed by atoms with Gasteiger partial charge >= 0.3 is 6.09 Å². The van der Waals surface area contributed by atoms with Gasteiger partial charge in [0.1, 0.15) is 23.6 Å². The molecule has 1 atom stereocenters. The number of rotatable bonds is 4. The topological polar surface area (TPSA) is 119 Å². The van der Waals surface area contributed by atoms with Crippen LogP contribution in [0.4, 0.5) is 15.0 Å². The summed E-state index contributed by atoms with van der Waals surface area (Å²) in [7, 11) is 0. The first-order valence-corrected chi connectivity index (χ1v) is 10.5. The van der Waals surface area contributed by atoms with E-state index in [1.165, 1.54) is 17.3 Å². The Hall–Kier alpha value is -4.21. The molecule has 168 valence electrons. The van der Waals surface area contributed by atoms with E-state index in [1.54, 1.807) is 47.1 Å². The second-order valence-electron chi connectivity index (χ2n) is 7.83. The number of nitrogen functional groups attached to an aromatic ring is 1. The molecule has 1 unspecified atom stereocenters. The minimum absolute atomic E-state index is 0.137. The highest BCUT2D eigenvalue weighted by Gasteiger charge is 2.28. The van der Waals surface area contributed by atoms with Crippen LogP contribution in [-0.2, 0) is 0 Å². The van der Waals surface area contributed by atoms with Gasteiger partial charge in [0.05, 0.1) is 11.4 Å². The Kier molecular flexibility index (Phi) is 5.25. The predicted molar refractivity (Wildman–Crippen MR) is 120 cm³/mol. The second-order valence-corrected chi connectivity index (χ2v) is 7.83. The number of halogens is 1. The van der Waals surface area contributed by atoms with Crippen molar-refractivity contribution in [3.05, 3.63) is 60.7 Å². The first-order chi connectivity index (χ1) is 16.0. The molecule has 0 saturated carbocycles. The molecule has 5 rings (SSSR count). The number of fused-ring (bicyclic) bond motifs is 1. The zero-order valence-electron chi connectivity index (χ0n) is 17.6. The number of hydrogen-bond acceptors (Lipinski definition) is 6. The van der Waals surface area contributed by atoms with Crippen molar-refractivity contribution in [3.63, 3.8) is 0 Å². The van der Waals surface area contributed by atoms with Crippen molar-refractivity contribution < 1.29 is 19.0 Å². The van der Waals surface area contributed by atoms with Crippen LogP contribution in [0.2, 0.25) is 0 Å². The number of anilines is 1. The molecule has 33 heavy (non-hydrogen) atoms. The number of nitrogens with zero attached hydrogens (tertiary/aromatic N) is 5. The van der Waals surface area contributed by atoms with Crippen LogP contribution in [0.3, 0.4) is 0 Å². The Labute approximate surface area is 188 Å². The van der Waals surface area contributed by atoms with Crippen LogP contribution in [0.1, 0.15) is 18.9 Å². The van der Waals surface area contributed by atoms with Crippen molar-refractivity contribution in [2.24, 2.45) is 0 Å². The SMILES string of the molecule is Nc1ncnc2c1c(-c1ccc(Oc3ccccc3F)cc1)nn2C1CCCN(C(=O)O)C1. The number of amides is 1. The summed E-state index contributed by atoms with van der Waals surface area (Å²) in [6.45, 7) is 0.823. The van der Waals surface area contributed by atoms with Gasteiger partial charge in [0.15, 0.2) is 17.2 Å². The molecule has 0 radical (unpaired) electrons. The number of piperidine rings is 1. The van der Waals surface area contributed by atoms with E-state index in [2.05, 4.69) is 9.97 Å². The lowest BCUT2D eigenvalue weighted by Crippen LogP contribution is -2.40. The van der Waals surface area contributed by atoms with Crippen molar-refractivity contribution in [2.45, 2.75) is 18.9 Å². The summed E-state index contributed by atoms with van der Waals surface area (Å²) in [6, 6.07) is 13.1. The molecule has 1 aliphatic rings.